The van der Waals surface area contributed by atoms with Crippen LogP contribution in [0.2, 0.25) is 0 Å². The van der Waals surface area contributed by atoms with Crippen molar-refractivity contribution in [1.82, 2.24) is 4.98 Å². The summed E-state index contributed by atoms with van der Waals surface area (Å²) in [5.41, 5.74) is 10.7. The van der Waals surface area contributed by atoms with Gasteiger partial charge in [-0.15, -0.1) is 0 Å². The van der Waals surface area contributed by atoms with Crippen LogP contribution in [0, 0.1) is 11.3 Å². The predicted octanol–water partition coefficient (Wildman–Crippen LogP) is 4.63. The topological polar surface area (TPSA) is 71.9 Å². The fourth-order valence-electron chi connectivity index (χ4n) is 3.37. The molecule has 0 unspecified atom stereocenters. The minimum absolute atomic E-state index is 0.332. The number of halogens is 1. The van der Waals surface area contributed by atoms with Crippen LogP contribution in [0.15, 0.2) is 22.7 Å². The molecule has 0 spiro atoms. The summed E-state index contributed by atoms with van der Waals surface area (Å²) in [4.78, 5) is 4.55. The molecular weight excluding hydrogens is 366 g/mol. The Morgan fingerprint density at radius 2 is 1.96 bits per heavy atom. The van der Waals surface area contributed by atoms with Crippen LogP contribution in [0.4, 0.5) is 5.82 Å². The number of aryl methyl sites for hydroxylation is 1. The average Bonchev–Trinajstić information content (AvgIpc) is 2.55. The fraction of sp³-hybridized carbons (Fsp3) is 0.368. The molecule has 0 radical (unpaired) electrons. The molecule has 0 atom stereocenters. The van der Waals surface area contributed by atoms with Gasteiger partial charge in [0.2, 0.25) is 0 Å². The van der Waals surface area contributed by atoms with Crippen molar-refractivity contribution in [2.24, 2.45) is 0 Å². The van der Waals surface area contributed by atoms with E-state index in [1.165, 1.54) is 18.4 Å². The second-order valence-electron chi connectivity index (χ2n) is 6.05. The van der Waals surface area contributed by atoms with Gasteiger partial charge in [-0.05, 0) is 64.9 Å². The lowest BCUT2D eigenvalue weighted by molar-refractivity contribution is 0.412. The fourth-order valence-corrected chi connectivity index (χ4v) is 3.91. The molecule has 1 aliphatic rings. The Bertz CT molecular complexity index is 811. The summed E-state index contributed by atoms with van der Waals surface area (Å²) in [7, 11) is 1.64. The van der Waals surface area contributed by atoms with Gasteiger partial charge in [-0.1, -0.05) is 18.9 Å². The number of rotatable bonds is 2. The van der Waals surface area contributed by atoms with Gasteiger partial charge in [-0.3, -0.25) is 0 Å². The number of nitriles is 1. The van der Waals surface area contributed by atoms with Crippen LogP contribution in [0.25, 0.3) is 11.1 Å². The Morgan fingerprint density at radius 3 is 2.62 bits per heavy atom. The zero-order valence-electron chi connectivity index (χ0n) is 13.7. The van der Waals surface area contributed by atoms with Crippen molar-refractivity contribution in [3.05, 3.63) is 39.5 Å². The number of hydrogen-bond acceptors (Lipinski definition) is 4. The van der Waals surface area contributed by atoms with Crippen molar-refractivity contribution >= 4 is 21.7 Å². The summed E-state index contributed by atoms with van der Waals surface area (Å²) in [6.07, 6.45) is 6.55. The van der Waals surface area contributed by atoms with E-state index in [1.54, 1.807) is 7.11 Å². The number of nitrogens with zero attached hydrogens (tertiary/aromatic N) is 2. The number of benzene rings is 1. The molecule has 124 valence electrons. The maximum absolute atomic E-state index is 9.65. The lowest BCUT2D eigenvalue weighted by Gasteiger charge is -2.20. The van der Waals surface area contributed by atoms with E-state index in [1.807, 2.05) is 18.2 Å². The molecule has 1 aromatic carbocycles. The SMILES string of the molecule is COc1ccc(-c2c(C#N)c(N)nc3c2CCCCCC3)cc1Br. The van der Waals surface area contributed by atoms with Gasteiger partial charge in [-0.25, -0.2) is 4.98 Å². The van der Waals surface area contributed by atoms with Crippen LogP contribution in [0.1, 0.15) is 42.5 Å². The highest BCUT2D eigenvalue weighted by Gasteiger charge is 2.21. The van der Waals surface area contributed by atoms with E-state index < -0.39 is 0 Å². The molecule has 1 heterocycles. The number of nitrogen functional groups attached to an aromatic ring is 1. The van der Waals surface area contributed by atoms with Gasteiger partial charge < -0.3 is 10.5 Å². The van der Waals surface area contributed by atoms with E-state index in [0.29, 0.717) is 11.4 Å². The largest absolute Gasteiger partial charge is 0.496 e. The molecule has 0 saturated heterocycles. The third-order valence-electron chi connectivity index (χ3n) is 4.55. The van der Waals surface area contributed by atoms with Crippen molar-refractivity contribution in [1.29, 1.82) is 5.26 Å². The predicted molar refractivity (Wildman–Crippen MR) is 98.9 cm³/mol. The molecule has 0 amide bonds. The number of methoxy groups -OCH3 is 1. The highest BCUT2D eigenvalue weighted by atomic mass is 79.9. The highest BCUT2D eigenvalue weighted by Crippen LogP contribution is 2.38. The van der Waals surface area contributed by atoms with Gasteiger partial charge in [0.1, 0.15) is 23.2 Å². The van der Waals surface area contributed by atoms with Crippen LogP contribution in [-0.2, 0) is 12.8 Å². The van der Waals surface area contributed by atoms with E-state index in [-0.39, 0.29) is 0 Å². The number of pyridine rings is 1. The summed E-state index contributed by atoms with van der Waals surface area (Å²) >= 11 is 3.54. The van der Waals surface area contributed by atoms with Crippen LogP contribution < -0.4 is 10.5 Å². The third kappa shape index (κ3) is 3.11. The van der Waals surface area contributed by atoms with Crippen LogP contribution in [0.5, 0.6) is 5.75 Å². The first kappa shape index (κ1) is 16.8. The zero-order chi connectivity index (χ0) is 17.1. The van der Waals surface area contributed by atoms with E-state index >= 15 is 0 Å². The Hall–Kier alpha value is -2.06. The number of ether oxygens (including phenoxy) is 1. The van der Waals surface area contributed by atoms with Crippen molar-refractivity contribution in [2.45, 2.75) is 38.5 Å². The second kappa shape index (κ2) is 7.23. The first-order chi connectivity index (χ1) is 11.7. The van der Waals surface area contributed by atoms with Crippen LogP contribution >= 0.6 is 15.9 Å². The summed E-state index contributed by atoms with van der Waals surface area (Å²) in [5, 5.41) is 9.65. The molecule has 1 aliphatic carbocycles. The number of anilines is 1. The average molecular weight is 386 g/mol. The van der Waals surface area contributed by atoms with E-state index in [2.05, 4.69) is 27.0 Å². The molecule has 3 rings (SSSR count). The molecule has 0 saturated carbocycles. The number of fused-ring (bicyclic) bond motifs is 1. The monoisotopic (exact) mass is 385 g/mol. The van der Waals surface area contributed by atoms with Gasteiger partial charge in [0.15, 0.2) is 0 Å². The third-order valence-corrected chi connectivity index (χ3v) is 5.17. The van der Waals surface area contributed by atoms with E-state index in [4.69, 9.17) is 10.5 Å². The molecule has 2 N–H and O–H groups in total. The maximum Gasteiger partial charge on any atom is 0.142 e. The molecule has 24 heavy (non-hydrogen) atoms. The summed E-state index contributed by atoms with van der Waals surface area (Å²) in [6, 6.07) is 8.15. The first-order valence-electron chi connectivity index (χ1n) is 8.21. The van der Waals surface area contributed by atoms with Crippen molar-refractivity contribution in [3.8, 4) is 22.9 Å². The number of nitrogens with two attached hydrogens (primary N) is 1. The van der Waals surface area contributed by atoms with Crippen LogP contribution in [-0.4, -0.2) is 12.1 Å². The van der Waals surface area contributed by atoms with Crippen molar-refractivity contribution < 1.29 is 4.74 Å². The minimum atomic E-state index is 0.332. The molecule has 0 fully saturated rings. The molecule has 5 heteroatoms. The Kier molecular flexibility index (Phi) is 5.06. The molecule has 0 bridgehead atoms. The number of hydrogen-bond donors (Lipinski definition) is 1. The van der Waals surface area contributed by atoms with E-state index in [9.17, 15) is 5.26 Å². The second-order valence-corrected chi connectivity index (χ2v) is 6.90. The summed E-state index contributed by atoms with van der Waals surface area (Å²) in [6.45, 7) is 0. The normalized spacial score (nSPS) is 14.2. The minimum Gasteiger partial charge on any atom is -0.496 e. The van der Waals surface area contributed by atoms with Gasteiger partial charge in [0.25, 0.3) is 0 Å². The Balaban J connectivity index is 2.24. The quantitative estimate of drug-likeness (QED) is 0.817. The Labute approximate surface area is 150 Å². The summed E-state index contributed by atoms with van der Waals surface area (Å²) in [5.74, 6) is 1.10. The van der Waals surface area contributed by atoms with Crippen molar-refractivity contribution in [3.63, 3.8) is 0 Å². The van der Waals surface area contributed by atoms with Crippen molar-refractivity contribution in [2.75, 3.05) is 12.8 Å². The summed E-state index contributed by atoms with van der Waals surface area (Å²) < 4.78 is 6.18. The molecule has 2 aromatic rings. The maximum atomic E-state index is 9.65. The molecule has 0 aliphatic heterocycles. The molecule has 4 nitrogen and oxygen atoms in total. The smallest absolute Gasteiger partial charge is 0.142 e. The first-order valence-corrected chi connectivity index (χ1v) is 9.00. The van der Waals surface area contributed by atoms with Gasteiger partial charge in [0, 0.05) is 11.3 Å². The van der Waals surface area contributed by atoms with Gasteiger partial charge in [-0.2, -0.15) is 5.26 Å². The molecule has 1 aromatic heterocycles. The zero-order valence-corrected chi connectivity index (χ0v) is 15.3. The van der Waals surface area contributed by atoms with Gasteiger partial charge in [0.05, 0.1) is 11.6 Å². The van der Waals surface area contributed by atoms with E-state index in [0.717, 1.165) is 52.7 Å². The number of aromatic nitrogens is 1. The standard InChI is InChI=1S/C19H20BrN3O/c1-24-17-9-8-12(10-15(17)20)18-13-6-4-2-3-5-7-16(13)23-19(22)14(18)11-21/h8-10H,2-7H2,1H3,(H2,22,23). The lowest BCUT2D eigenvalue weighted by Crippen LogP contribution is -2.10. The molecular formula is C19H20BrN3O. The Morgan fingerprint density at radius 1 is 1.21 bits per heavy atom. The lowest BCUT2D eigenvalue weighted by atomic mass is 9.88. The van der Waals surface area contributed by atoms with Gasteiger partial charge >= 0.3 is 0 Å². The van der Waals surface area contributed by atoms with Crippen LogP contribution in [0.3, 0.4) is 0 Å². The highest BCUT2D eigenvalue weighted by molar-refractivity contribution is 9.10.